The highest BCUT2D eigenvalue weighted by Crippen LogP contribution is 2.33. The van der Waals surface area contributed by atoms with Crippen molar-refractivity contribution in [1.29, 1.82) is 0 Å². The van der Waals surface area contributed by atoms with Gasteiger partial charge in [-0.3, -0.25) is 0 Å². The molecule has 1 aliphatic rings. The Kier molecular flexibility index (Phi) is 5.12. The van der Waals surface area contributed by atoms with Gasteiger partial charge < -0.3 is 10.2 Å². The Morgan fingerprint density at radius 2 is 1.95 bits per heavy atom. The summed E-state index contributed by atoms with van der Waals surface area (Å²) in [4.78, 5) is 2.49. The van der Waals surface area contributed by atoms with E-state index in [1.165, 1.54) is 11.3 Å². The second kappa shape index (κ2) is 6.62. The van der Waals surface area contributed by atoms with Crippen LogP contribution < -0.4 is 10.2 Å². The lowest BCUT2D eigenvalue weighted by Crippen LogP contribution is -2.23. The van der Waals surface area contributed by atoms with Crippen molar-refractivity contribution in [3.8, 4) is 0 Å². The van der Waals surface area contributed by atoms with Crippen LogP contribution in [-0.4, -0.2) is 19.6 Å². The van der Waals surface area contributed by atoms with Crippen molar-refractivity contribution in [3.05, 3.63) is 28.8 Å². The van der Waals surface area contributed by atoms with Gasteiger partial charge in [-0.1, -0.05) is 38.4 Å². The van der Waals surface area contributed by atoms with Crippen LogP contribution in [0.5, 0.6) is 0 Å². The van der Waals surface area contributed by atoms with Crippen molar-refractivity contribution in [1.82, 2.24) is 5.32 Å². The van der Waals surface area contributed by atoms with Gasteiger partial charge >= 0.3 is 0 Å². The average Bonchev–Trinajstić information content (AvgIpc) is 2.71. The van der Waals surface area contributed by atoms with Crippen molar-refractivity contribution in [3.63, 3.8) is 0 Å². The Labute approximate surface area is 122 Å². The summed E-state index contributed by atoms with van der Waals surface area (Å²) in [6.07, 6.45) is 1.15. The molecule has 2 atom stereocenters. The maximum Gasteiger partial charge on any atom is 0.0471 e. The molecule has 1 aliphatic heterocycles. The first-order chi connectivity index (χ1) is 9.13. The maximum atomic E-state index is 6.39. The van der Waals surface area contributed by atoms with Crippen LogP contribution in [0.25, 0.3) is 0 Å². The lowest BCUT2D eigenvalue weighted by atomic mass is 10.0. The zero-order valence-electron chi connectivity index (χ0n) is 12.2. The number of halogens is 1. The zero-order chi connectivity index (χ0) is 13.8. The van der Waals surface area contributed by atoms with Crippen molar-refractivity contribution >= 4 is 17.3 Å². The second-order valence-corrected chi connectivity index (χ2v) is 6.18. The van der Waals surface area contributed by atoms with Gasteiger partial charge in [0.2, 0.25) is 0 Å². The Bertz CT molecular complexity index is 409. The molecule has 1 aromatic carbocycles. The number of nitrogens with one attached hydrogen (secondary N) is 1. The first-order valence-corrected chi connectivity index (χ1v) is 7.74. The summed E-state index contributed by atoms with van der Waals surface area (Å²) >= 11 is 6.39. The molecule has 0 aromatic heterocycles. The van der Waals surface area contributed by atoms with Gasteiger partial charge in [-0.15, -0.1) is 0 Å². The molecule has 0 bridgehead atoms. The van der Waals surface area contributed by atoms with Gasteiger partial charge in [-0.05, 0) is 36.9 Å². The molecular weight excluding hydrogens is 256 g/mol. The van der Waals surface area contributed by atoms with E-state index >= 15 is 0 Å². The van der Waals surface area contributed by atoms with E-state index in [9.17, 15) is 0 Å². The predicted molar refractivity (Wildman–Crippen MR) is 84.0 cm³/mol. The summed E-state index contributed by atoms with van der Waals surface area (Å²) in [5.74, 6) is 1.52. The summed E-state index contributed by atoms with van der Waals surface area (Å²) in [6.45, 7) is 11.0. The number of benzene rings is 1. The van der Waals surface area contributed by atoms with E-state index in [0.29, 0.717) is 0 Å². The van der Waals surface area contributed by atoms with Gasteiger partial charge in [0.25, 0.3) is 0 Å². The summed E-state index contributed by atoms with van der Waals surface area (Å²) in [5, 5.41) is 4.35. The van der Waals surface area contributed by atoms with Gasteiger partial charge in [0, 0.05) is 35.9 Å². The molecule has 2 rings (SSSR count). The quantitative estimate of drug-likeness (QED) is 0.822. The van der Waals surface area contributed by atoms with Crippen molar-refractivity contribution < 1.29 is 0 Å². The van der Waals surface area contributed by atoms with Gasteiger partial charge in [-0.2, -0.15) is 0 Å². The molecule has 1 saturated heterocycles. The Morgan fingerprint density at radius 3 is 2.58 bits per heavy atom. The number of nitrogens with zero attached hydrogens (tertiary/aromatic N) is 1. The smallest absolute Gasteiger partial charge is 0.0471 e. The highest BCUT2D eigenvalue weighted by atomic mass is 35.5. The molecule has 2 nitrogen and oxygen atoms in total. The predicted octanol–water partition coefficient (Wildman–Crippen LogP) is 3.93. The van der Waals surface area contributed by atoms with Crippen LogP contribution in [0, 0.1) is 11.8 Å². The van der Waals surface area contributed by atoms with Gasteiger partial charge in [0.15, 0.2) is 0 Å². The minimum absolute atomic E-state index is 0.760. The molecule has 0 radical (unpaired) electrons. The van der Waals surface area contributed by atoms with Crippen molar-refractivity contribution in [2.45, 2.75) is 33.7 Å². The lowest BCUT2D eigenvalue weighted by Gasteiger charge is -2.23. The van der Waals surface area contributed by atoms with Crippen LogP contribution in [0.4, 0.5) is 5.69 Å². The number of hydrogen-bond acceptors (Lipinski definition) is 2. The third kappa shape index (κ3) is 3.43. The topological polar surface area (TPSA) is 15.3 Å². The Hall–Kier alpha value is -0.730. The van der Waals surface area contributed by atoms with Crippen LogP contribution >= 0.6 is 11.6 Å². The molecule has 0 amide bonds. The fourth-order valence-corrected chi connectivity index (χ4v) is 2.97. The minimum Gasteiger partial charge on any atom is -0.371 e. The van der Waals surface area contributed by atoms with E-state index in [-0.39, 0.29) is 0 Å². The molecule has 3 heteroatoms. The van der Waals surface area contributed by atoms with E-state index in [4.69, 9.17) is 11.6 Å². The minimum atomic E-state index is 0.760. The van der Waals surface area contributed by atoms with Crippen molar-refractivity contribution in [2.75, 3.05) is 24.5 Å². The average molecular weight is 281 g/mol. The molecule has 0 saturated carbocycles. The fourth-order valence-electron chi connectivity index (χ4n) is 2.74. The molecule has 2 unspecified atom stereocenters. The number of hydrogen-bond donors (Lipinski definition) is 1. The van der Waals surface area contributed by atoms with Crippen LogP contribution in [0.2, 0.25) is 5.02 Å². The van der Waals surface area contributed by atoms with Gasteiger partial charge in [0.1, 0.15) is 0 Å². The molecule has 19 heavy (non-hydrogen) atoms. The first kappa shape index (κ1) is 14.7. The molecule has 1 fully saturated rings. The molecule has 1 N–H and O–H groups in total. The fraction of sp³-hybridized carbons (Fsp3) is 0.625. The highest BCUT2D eigenvalue weighted by molar-refractivity contribution is 6.31. The Balaban J connectivity index is 2.17. The number of rotatable bonds is 5. The maximum absolute atomic E-state index is 6.39. The first-order valence-electron chi connectivity index (χ1n) is 7.36. The molecule has 106 valence electrons. The van der Waals surface area contributed by atoms with E-state index in [0.717, 1.165) is 49.5 Å². The summed E-state index contributed by atoms with van der Waals surface area (Å²) in [5.41, 5.74) is 2.56. The van der Waals surface area contributed by atoms with E-state index in [1.807, 2.05) is 6.07 Å². The van der Waals surface area contributed by atoms with Crippen molar-refractivity contribution in [2.24, 2.45) is 11.8 Å². The zero-order valence-corrected chi connectivity index (χ0v) is 13.0. The Morgan fingerprint density at radius 1 is 1.26 bits per heavy atom. The summed E-state index contributed by atoms with van der Waals surface area (Å²) in [7, 11) is 0. The van der Waals surface area contributed by atoms with Crippen LogP contribution in [0.3, 0.4) is 0 Å². The molecular formula is C16H25ClN2. The summed E-state index contributed by atoms with van der Waals surface area (Å²) < 4.78 is 0. The van der Waals surface area contributed by atoms with E-state index < -0.39 is 0 Å². The monoisotopic (exact) mass is 280 g/mol. The van der Waals surface area contributed by atoms with E-state index in [1.54, 1.807) is 0 Å². The second-order valence-electron chi connectivity index (χ2n) is 5.77. The molecule has 0 spiro atoms. The van der Waals surface area contributed by atoms with Gasteiger partial charge in [0.05, 0.1) is 0 Å². The van der Waals surface area contributed by atoms with Crippen LogP contribution in [0.15, 0.2) is 18.2 Å². The molecule has 1 heterocycles. The highest BCUT2D eigenvalue weighted by Gasteiger charge is 2.27. The van der Waals surface area contributed by atoms with E-state index in [2.05, 4.69) is 43.1 Å². The molecule has 0 aliphatic carbocycles. The lowest BCUT2D eigenvalue weighted by molar-refractivity contribution is 0.494. The van der Waals surface area contributed by atoms with Crippen LogP contribution in [0.1, 0.15) is 32.8 Å². The standard InChI is InChI=1S/C16H25ClN2/c1-4-8-18-9-14-15(17)6-5-7-16(14)19-10-12(2)13(3)11-19/h5-7,12-13,18H,4,8-11H2,1-3H3. The largest absolute Gasteiger partial charge is 0.371 e. The SMILES string of the molecule is CCCNCc1c(Cl)cccc1N1CC(C)C(C)C1. The molecule has 1 aromatic rings. The van der Waals surface area contributed by atoms with Gasteiger partial charge in [-0.25, -0.2) is 0 Å². The van der Waals surface area contributed by atoms with Crippen LogP contribution in [-0.2, 0) is 6.54 Å². The number of anilines is 1. The third-order valence-corrected chi connectivity index (χ3v) is 4.51. The third-order valence-electron chi connectivity index (χ3n) is 4.15. The normalized spacial score (nSPS) is 23.1. The summed E-state index contributed by atoms with van der Waals surface area (Å²) in [6, 6.07) is 6.27.